The quantitative estimate of drug-likeness (QED) is 0.939. The molecule has 1 saturated heterocycles. The normalized spacial score (nSPS) is 22.5. The van der Waals surface area contributed by atoms with E-state index in [1.165, 1.54) is 16.3 Å². The van der Waals surface area contributed by atoms with Gasteiger partial charge in [0.25, 0.3) is 0 Å². The van der Waals surface area contributed by atoms with Crippen LogP contribution in [0.3, 0.4) is 0 Å². The first kappa shape index (κ1) is 14.5. The van der Waals surface area contributed by atoms with Crippen molar-refractivity contribution in [2.45, 2.75) is 19.0 Å². The maximum Gasteiger partial charge on any atom is 0.0352 e. The molecule has 0 radical (unpaired) electrons. The Kier molecular flexibility index (Phi) is 4.24. The van der Waals surface area contributed by atoms with Crippen LogP contribution in [0.25, 0.3) is 10.8 Å². The van der Waals surface area contributed by atoms with Crippen LogP contribution >= 0.6 is 0 Å². The standard InChI is InChI=1S/C18H25N3/c1-14(21-10-9-20(2)13-18(21)12-19)16-8-7-15-5-3-4-6-17(15)11-16/h3-8,11,14,18H,9-10,12-13,19H2,1-2H3. The van der Waals surface area contributed by atoms with Crippen molar-refractivity contribution < 1.29 is 0 Å². The first-order chi connectivity index (χ1) is 10.2. The molecule has 2 atom stereocenters. The zero-order valence-corrected chi connectivity index (χ0v) is 13.0. The van der Waals surface area contributed by atoms with Gasteiger partial charge in [0.15, 0.2) is 0 Å². The van der Waals surface area contributed by atoms with Crippen LogP contribution in [-0.4, -0.2) is 49.1 Å². The van der Waals surface area contributed by atoms with Gasteiger partial charge in [0, 0.05) is 38.3 Å². The minimum absolute atomic E-state index is 0.414. The Labute approximate surface area is 127 Å². The van der Waals surface area contributed by atoms with Crippen molar-refractivity contribution in [3.05, 3.63) is 48.0 Å². The molecule has 0 amide bonds. The highest BCUT2D eigenvalue weighted by molar-refractivity contribution is 5.83. The molecule has 2 aromatic carbocycles. The van der Waals surface area contributed by atoms with E-state index in [-0.39, 0.29) is 0 Å². The molecular formula is C18H25N3. The van der Waals surface area contributed by atoms with Crippen molar-refractivity contribution in [3.63, 3.8) is 0 Å². The number of likely N-dealkylation sites (N-methyl/N-ethyl adjacent to an activating group) is 1. The number of fused-ring (bicyclic) bond motifs is 1. The summed E-state index contributed by atoms with van der Waals surface area (Å²) in [5.41, 5.74) is 7.38. The number of benzene rings is 2. The Balaban J connectivity index is 1.86. The Hall–Kier alpha value is -1.42. The van der Waals surface area contributed by atoms with Crippen LogP contribution in [0.5, 0.6) is 0 Å². The molecule has 2 N–H and O–H groups in total. The predicted molar refractivity (Wildman–Crippen MR) is 89.4 cm³/mol. The highest BCUT2D eigenvalue weighted by atomic mass is 15.3. The predicted octanol–water partition coefficient (Wildman–Crippen LogP) is 2.48. The number of hydrogen-bond donors (Lipinski definition) is 1. The maximum absolute atomic E-state index is 5.99. The Morgan fingerprint density at radius 1 is 1.14 bits per heavy atom. The minimum atomic E-state index is 0.414. The number of rotatable bonds is 3. The van der Waals surface area contributed by atoms with E-state index in [0.717, 1.165) is 26.2 Å². The third-order valence-electron chi connectivity index (χ3n) is 4.76. The Morgan fingerprint density at radius 2 is 1.90 bits per heavy atom. The monoisotopic (exact) mass is 283 g/mol. The molecule has 0 aliphatic carbocycles. The van der Waals surface area contributed by atoms with Crippen LogP contribution in [0.2, 0.25) is 0 Å². The van der Waals surface area contributed by atoms with Gasteiger partial charge in [-0.25, -0.2) is 0 Å². The molecule has 21 heavy (non-hydrogen) atoms. The lowest BCUT2D eigenvalue weighted by Gasteiger charge is -2.43. The lowest BCUT2D eigenvalue weighted by atomic mass is 9.99. The van der Waals surface area contributed by atoms with Gasteiger partial charge in [-0.2, -0.15) is 0 Å². The Morgan fingerprint density at radius 3 is 2.67 bits per heavy atom. The summed E-state index contributed by atoms with van der Waals surface area (Å²) in [5, 5.41) is 2.63. The van der Waals surface area contributed by atoms with Gasteiger partial charge in [-0.15, -0.1) is 0 Å². The van der Waals surface area contributed by atoms with Crippen molar-refractivity contribution in [1.82, 2.24) is 9.80 Å². The molecule has 0 saturated carbocycles. The van der Waals surface area contributed by atoms with Crippen LogP contribution in [0.4, 0.5) is 0 Å². The molecule has 3 nitrogen and oxygen atoms in total. The van der Waals surface area contributed by atoms with Crippen LogP contribution in [-0.2, 0) is 0 Å². The van der Waals surface area contributed by atoms with E-state index < -0.39 is 0 Å². The van der Waals surface area contributed by atoms with Gasteiger partial charge >= 0.3 is 0 Å². The van der Waals surface area contributed by atoms with Gasteiger partial charge < -0.3 is 10.6 Å². The minimum Gasteiger partial charge on any atom is -0.329 e. The molecule has 1 fully saturated rings. The van der Waals surface area contributed by atoms with Crippen molar-refractivity contribution in [2.24, 2.45) is 5.73 Å². The van der Waals surface area contributed by atoms with E-state index in [1.807, 2.05) is 0 Å². The van der Waals surface area contributed by atoms with Crippen molar-refractivity contribution in [2.75, 3.05) is 33.2 Å². The maximum atomic E-state index is 5.99. The van der Waals surface area contributed by atoms with Gasteiger partial charge in [-0.05, 0) is 36.4 Å². The van der Waals surface area contributed by atoms with E-state index in [2.05, 4.69) is 66.2 Å². The largest absolute Gasteiger partial charge is 0.329 e. The van der Waals surface area contributed by atoms with Gasteiger partial charge in [-0.3, -0.25) is 4.90 Å². The van der Waals surface area contributed by atoms with Gasteiger partial charge in [-0.1, -0.05) is 36.4 Å². The second kappa shape index (κ2) is 6.14. The SMILES string of the molecule is CC(c1ccc2ccccc2c1)N1CCN(C)CC1CN. The summed E-state index contributed by atoms with van der Waals surface area (Å²) in [5.74, 6) is 0. The van der Waals surface area contributed by atoms with Gasteiger partial charge in [0.1, 0.15) is 0 Å². The summed E-state index contributed by atoms with van der Waals surface area (Å²) in [6, 6.07) is 16.2. The molecule has 2 unspecified atom stereocenters. The fourth-order valence-electron chi connectivity index (χ4n) is 3.40. The molecule has 112 valence electrons. The summed E-state index contributed by atoms with van der Waals surface area (Å²) < 4.78 is 0. The fourth-order valence-corrected chi connectivity index (χ4v) is 3.40. The molecular weight excluding hydrogens is 258 g/mol. The van der Waals surface area contributed by atoms with Crippen molar-refractivity contribution >= 4 is 10.8 Å². The van der Waals surface area contributed by atoms with Crippen LogP contribution < -0.4 is 5.73 Å². The van der Waals surface area contributed by atoms with Crippen LogP contribution in [0.15, 0.2) is 42.5 Å². The summed E-state index contributed by atoms with van der Waals surface area (Å²) >= 11 is 0. The zero-order valence-electron chi connectivity index (χ0n) is 13.0. The molecule has 3 rings (SSSR count). The summed E-state index contributed by atoms with van der Waals surface area (Å²) in [6.07, 6.45) is 0. The van der Waals surface area contributed by atoms with Gasteiger partial charge in [0.05, 0.1) is 0 Å². The van der Waals surface area contributed by atoms with E-state index in [1.54, 1.807) is 0 Å². The van der Waals surface area contributed by atoms with Gasteiger partial charge in [0.2, 0.25) is 0 Å². The molecule has 0 aromatic heterocycles. The average Bonchev–Trinajstić information content (AvgIpc) is 2.53. The second-order valence-corrected chi connectivity index (χ2v) is 6.17. The van der Waals surface area contributed by atoms with E-state index in [0.29, 0.717) is 12.1 Å². The molecule has 1 heterocycles. The average molecular weight is 283 g/mol. The van der Waals surface area contributed by atoms with E-state index in [9.17, 15) is 0 Å². The lowest BCUT2D eigenvalue weighted by Crippen LogP contribution is -2.55. The van der Waals surface area contributed by atoms with E-state index in [4.69, 9.17) is 5.73 Å². The number of hydrogen-bond acceptors (Lipinski definition) is 3. The van der Waals surface area contributed by atoms with Crippen LogP contribution in [0, 0.1) is 0 Å². The highest BCUT2D eigenvalue weighted by Gasteiger charge is 2.28. The van der Waals surface area contributed by atoms with Crippen molar-refractivity contribution in [1.29, 1.82) is 0 Å². The highest BCUT2D eigenvalue weighted by Crippen LogP contribution is 2.27. The third-order valence-corrected chi connectivity index (χ3v) is 4.76. The second-order valence-electron chi connectivity index (χ2n) is 6.17. The molecule has 1 aliphatic rings. The molecule has 2 aromatic rings. The number of nitrogens with zero attached hydrogens (tertiary/aromatic N) is 2. The molecule has 3 heteroatoms. The molecule has 1 aliphatic heterocycles. The topological polar surface area (TPSA) is 32.5 Å². The Bertz CT molecular complexity index is 610. The number of piperazine rings is 1. The first-order valence-corrected chi connectivity index (χ1v) is 7.82. The number of nitrogens with two attached hydrogens (primary N) is 1. The summed E-state index contributed by atoms with van der Waals surface area (Å²) in [7, 11) is 2.18. The smallest absolute Gasteiger partial charge is 0.0352 e. The van der Waals surface area contributed by atoms with Crippen molar-refractivity contribution in [3.8, 4) is 0 Å². The fraction of sp³-hybridized carbons (Fsp3) is 0.444. The summed E-state index contributed by atoms with van der Waals surface area (Å²) in [6.45, 7) is 6.30. The first-order valence-electron chi connectivity index (χ1n) is 7.82. The zero-order chi connectivity index (χ0) is 14.8. The lowest BCUT2D eigenvalue weighted by molar-refractivity contribution is 0.0621. The van der Waals surface area contributed by atoms with E-state index >= 15 is 0 Å². The third kappa shape index (κ3) is 2.95. The summed E-state index contributed by atoms with van der Waals surface area (Å²) in [4.78, 5) is 4.94. The van der Waals surface area contributed by atoms with Crippen LogP contribution in [0.1, 0.15) is 18.5 Å². The molecule has 0 spiro atoms. The molecule has 0 bridgehead atoms.